The van der Waals surface area contributed by atoms with Gasteiger partial charge in [-0.1, -0.05) is 5.21 Å². The summed E-state index contributed by atoms with van der Waals surface area (Å²) in [6.07, 6.45) is 1.20. The zero-order chi connectivity index (χ0) is 17.0. The zero-order valence-electron chi connectivity index (χ0n) is 13.0. The van der Waals surface area contributed by atoms with E-state index >= 15 is 0 Å². The first-order chi connectivity index (χ1) is 11.0. The van der Waals surface area contributed by atoms with Crippen LogP contribution in [0.2, 0.25) is 0 Å². The lowest BCUT2D eigenvalue weighted by Gasteiger charge is -2.28. The molecule has 9 nitrogen and oxygen atoms in total. The second-order valence-electron chi connectivity index (χ2n) is 5.00. The third kappa shape index (κ3) is 3.81. The molecule has 2 rings (SSSR count). The standard InChI is InChI=1S/C13H19N5O4S/c1-3-16(4-2)12(20)10-7-23-8-18(10)11(19)6-17-5-9(13(21)22)14-15-17/h5,10H,3-4,6-8H2,1-2H3,(H,21,22). The Bertz CT molecular complexity index is 601. The molecule has 2 heterocycles. The van der Waals surface area contributed by atoms with Gasteiger partial charge in [-0.15, -0.1) is 16.9 Å². The van der Waals surface area contributed by atoms with E-state index in [4.69, 9.17) is 5.11 Å². The molecule has 0 spiro atoms. The number of nitrogens with zero attached hydrogens (tertiary/aromatic N) is 5. The maximum Gasteiger partial charge on any atom is 0.358 e. The minimum absolute atomic E-state index is 0.0573. The Hall–Kier alpha value is -2.10. The monoisotopic (exact) mass is 341 g/mol. The lowest BCUT2D eigenvalue weighted by Crippen LogP contribution is -2.49. The summed E-state index contributed by atoms with van der Waals surface area (Å²) in [6, 6.07) is -0.477. The van der Waals surface area contributed by atoms with E-state index in [1.54, 1.807) is 4.90 Å². The fourth-order valence-electron chi connectivity index (χ4n) is 2.34. The van der Waals surface area contributed by atoms with Crippen molar-refractivity contribution in [2.24, 2.45) is 0 Å². The smallest absolute Gasteiger partial charge is 0.358 e. The van der Waals surface area contributed by atoms with Gasteiger partial charge in [0, 0.05) is 18.8 Å². The molecule has 0 bridgehead atoms. The molecule has 1 N–H and O–H groups in total. The summed E-state index contributed by atoms with van der Waals surface area (Å²) in [5.74, 6) is -0.522. The number of likely N-dealkylation sites (N-methyl/N-ethyl adjacent to an activating group) is 1. The number of amides is 2. The Morgan fingerprint density at radius 1 is 1.39 bits per heavy atom. The van der Waals surface area contributed by atoms with Crippen LogP contribution in [0.1, 0.15) is 24.3 Å². The highest BCUT2D eigenvalue weighted by Crippen LogP contribution is 2.23. The van der Waals surface area contributed by atoms with Gasteiger partial charge in [0.25, 0.3) is 0 Å². The molecule has 1 fully saturated rings. The Morgan fingerprint density at radius 3 is 2.65 bits per heavy atom. The number of hydrogen-bond donors (Lipinski definition) is 1. The summed E-state index contributed by atoms with van der Waals surface area (Å²) in [6.45, 7) is 4.87. The van der Waals surface area contributed by atoms with E-state index in [0.717, 1.165) is 0 Å². The second kappa shape index (κ2) is 7.44. The van der Waals surface area contributed by atoms with E-state index in [9.17, 15) is 14.4 Å². The number of rotatable bonds is 6. The molecule has 1 aliphatic heterocycles. The van der Waals surface area contributed by atoms with Crippen LogP contribution in [0.5, 0.6) is 0 Å². The predicted molar refractivity (Wildman–Crippen MR) is 82.9 cm³/mol. The van der Waals surface area contributed by atoms with Crippen LogP contribution in [0.25, 0.3) is 0 Å². The van der Waals surface area contributed by atoms with E-state index in [0.29, 0.717) is 24.7 Å². The Labute approximate surface area is 137 Å². The van der Waals surface area contributed by atoms with Crippen LogP contribution in [-0.4, -0.2) is 78.4 Å². The maximum atomic E-state index is 12.5. The fraction of sp³-hybridized carbons (Fsp3) is 0.615. The molecule has 10 heteroatoms. The molecule has 126 valence electrons. The molecule has 0 aromatic carbocycles. The van der Waals surface area contributed by atoms with Gasteiger partial charge in [-0.3, -0.25) is 9.59 Å². The Balaban J connectivity index is 2.05. The van der Waals surface area contributed by atoms with Crippen molar-refractivity contribution in [1.29, 1.82) is 0 Å². The van der Waals surface area contributed by atoms with Crippen LogP contribution < -0.4 is 0 Å². The lowest BCUT2D eigenvalue weighted by atomic mass is 10.2. The molecule has 1 aliphatic rings. The molecule has 1 atom stereocenters. The van der Waals surface area contributed by atoms with E-state index in [1.807, 2.05) is 13.8 Å². The van der Waals surface area contributed by atoms with Crippen LogP contribution in [0.3, 0.4) is 0 Å². The number of aromatic carboxylic acids is 1. The van der Waals surface area contributed by atoms with Crippen LogP contribution in [0.15, 0.2) is 6.20 Å². The van der Waals surface area contributed by atoms with Crippen LogP contribution in [0.4, 0.5) is 0 Å². The van der Waals surface area contributed by atoms with E-state index in [1.165, 1.54) is 27.5 Å². The fourth-order valence-corrected chi connectivity index (χ4v) is 3.51. The van der Waals surface area contributed by atoms with Crippen LogP contribution in [-0.2, 0) is 16.1 Å². The molecule has 1 aromatic heterocycles. The number of carboxylic acids is 1. The quantitative estimate of drug-likeness (QED) is 0.759. The van der Waals surface area contributed by atoms with Gasteiger partial charge in [-0.25, -0.2) is 9.48 Å². The molecular weight excluding hydrogens is 322 g/mol. The number of thioether (sulfide) groups is 1. The van der Waals surface area contributed by atoms with Crippen molar-refractivity contribution in [3.8, 4) is 0 Å². The first-order valence-corrected chi connectivity index (χ1v) is 8.42. The molecule has 0 radical (unpaired) electrons. The molecule has 1 aromatic rings. The highest BCUT2D eigenvalue weighted by Gasteiger charge is 2.36. The Kier molecular flexibility index (Phi) is 5.59. The summed E-state index contributed by atoms with van der Waals surface area (Å²) in [5, 5.41) is 15.9. The summed E-state index contributed by atoms with van der Waals surface area (Å²) < 4.78 is 1.17. The first kappa shape index (κ1) is 17.3. The molecule has 0 aliphatic carbocycles. The van der Waals surface area contributed by atoms with Gasteiger partial charge in [0.2, 0.25) is 11.8 Å². The number of carbonyl (C=O) groups excluding carboxylic acids is 2. The largest absolute Gasteiger partial charge is 0.476 e. The first-order valence-electron chi connectivity index (χ1n) is 7.27. The topological polar surface area (TPSA) is 109 Å². The third-order valence-electron chi connectivity index (χ3n) is 3.62. The van der Waals surface area contributed by atoms with Gasteiger partial charge in [-0.2, -0.15) is 0 Å². The van der Waals surface area contributed by atoms with Gasteiger partial charge in [0.15, 0.2) is 5.69 Å². The predicted octanol–water partition coefficient (Wildman–Crippen LogP) is -0.254. The average molecular weight is 341 g/mol. The van der Waals surface area contributed by atoms with E-state index in [-0.39, 0.29) is 24.1 Å². The van der Waals surface area contributed by atoms with E-state index < -0.39 is 12.0 Å². The normalized spacial score (nSPS) is 17.3. The van der Waals surface area contributed by atoms with Crippen molar-refractivity contribution < 1.29 is 19.5 Å². The van der Waals surface area contributed by atoms with Crippen molar-refractivity contribution in [3.05, 3.63) is 11.9 Å². The average Bonchev–Trinajstić information content (AvgIpc) is 3.17. The third-order valence-corrected chi connectivity index (χ3v) is 4.63. The summed E-state index contributed by atoms with van der Waals surface area (Å²) in [5.41, 5.74) is -0.218. The minimum atomic E-state index is -1.20. The highest BCUT2D eigenvalue weighted by molar-refractivity contribution is 7.99. The zero-order valence-corrected chi connectivity index (χ0v) is 13.8. The SMILES string of the molecule is CCN(CC)C(=O)C1CSCN1C(=O)Cn1cc(C(=O)O)nn1. The van der Waals surface area contributed by atoms with Gasteiger partial charge in [-0.05, 0) is 13.8 Å². The van der Waals surface area contributed by atoms with Crippen molar-refractivity contribution >= 4 is 29.5 Å². The molecule has 2 amide bonds. The minimum Gasteiger partial charge on any atom is -0.476 e. The van der Waals surface area contributed by atoms with Gasteiger partial charge in [0.05, 0.1) is 12.1 Å². The molecule has 0 saturated carbocycles. The number of carboxylic acid groups (broad SMARTS) is 1. The van der Waals surface area contributed by atoms with Crippen LogP contribution in [0, 0.1) is 0 Å². The molecular formula is C13H19N5O4S. The van der Waals surface area contributed by atoms with Crippen molar-refractivity contribution in [2.45, 2.75) is 26.4 Å². The number of carbonyl (C=O) groups is 3. The molecule has 23 heavy (non-hydrogen) atoms. The lowest BCUT2D eigenvalue weighted by molar-refractivity contribution is -0.143. The van der Waals surface area contributed by atoms with E-state index in [2.05, 4.69) is 10.3 Å². The highest BCUT2D eigenvalue weighted by atomic mass is 32.2. The van der Waals surface area contributed by atoms with Crippen LogP contribution >= 0.6 is 11.8 Å². The van der Waals surface area contributed by atoms with Gasteiger partial charge in [0.1, 0.15) is 12.6 Å². The van der Waals surface area contributed by atoms with Crippen molar-refractivity contribution in [3.63, 3.8) is 0 Å². The van der Waals surface area contributed by atoms with Crippen molar-refractivity contribution in [2.75, 3.05) is 24.7 Å². The summed E-state index contributed by atoms with van der Waals surface area (Å²) >= 11 is 1.52. The molecule has 1 saturated heterocycles. The summed E-state index contributed by atoms with van der Waals surface area (Å²) in [4.78, 5) is 38.9. The van der Waals surface area contributed by atoms with Gasteiger partial charge < -0.3 is 14.9 Å². The number of aromatic nitrogens is 3. The number of hydrogen-bond acceptors (Lipinski definition) is 6. The maximum absolute atomic E-state index is 12.5. The van der Waals surface area contributed by atoms with Crippen molar-refractivity contribution in [1.82, 2.24) is 24.8 Å². The molecule has 1 unspecified atom stereocenters. The summed E-state index contributed by atoms with van der Waals surface area (Å²) in [7, 11) is 0. The Morgan fingerprint density at radius 2 is 2.09 bits per heavy atom. The van der Waals surface area contributed by atoms with Gasteiger partial charge >= 0.3 is 5.97 Å². The second-order valence-corrected chi connectivity index (χ2v) is 6.00.